The van der Waals surface area contributed by atoms with Crippen molar-refractivity contribution in [1.82, 2.24) is 5.32 Å². The maximum Gasteiger partial charge on any atom is 0.236 e. The van der Waals surface area contributed by atoms with E-state index in [0.717, 1.165) is 13.0 Å². The fraction of sp³-hybridized carbons (Fsp3) is 0.833. The Balaban J connectivity index is 2.31. The molecule has 0 bridgehead atoms. The van der Waals surface area contributed by atoms with E-state index in [2.05, 4.69) is 10.3 Å². The minimum Gasteiger partial charge on any atom is -0.295 e. The molecule has 0 amide bonds. The number of hydrogen-bond acceptors (Lipinski definition) is 3. The Morgan fingerprint density at radius 1 is 1.56 bits per heavy atom. The van der Waals surface area contributed by atoms with E-state index in [1.165, 1.54) is 12.8 Å². The lowest BCUT2D eigenvalue weighted by Crippen LogP contribution is -2.31. The molecule has 1 atom stereocenters. The monoisotopic (exact) mass is 126 g/mol. The lowest BCUT2D eigenvalue weighted by molar-refractivity contribution is 0.410. The van der Waals surface area contributed by atoms with E-state index in [-0.39, 0.29) is 6.17 Å². The van der Waals surface area contributed by atoms with Crippen molar-refractivity contribution >= 4 is 6.08 Å². The van der Waals surface area contributed by atoms with Crippen LogP contribution < -0.4 is 5.32 Å². The Morgan fingerprint density at radius 2 is 2.44 bits per heavy atom. The van der Waals surface area contributed by atoms with Gasteiger partial charge in [0.15, 0.2) is 0 Å². The van der Waals surface area contributed by atoms with Gasteiger partial charge in [-0.25, -0.2) is 4.79 Å². The van der Waals surface area contributed by atoms with Gasteiger partial charge in [-0.1, -0.05) is 0 Å². The minimum atomic E-state index is 0.0521. The molecule has 0 spiro atoms. The molecule has 1 N–H and O–H groups in total. The number of carbonyl (C=O) groups excluding carboxylic acids is 1. The molecular formula is C6H10N2O. The average molecular weight is 126 g/mol. The maximum atomic E-state index is 9.74. The number of piperidine rings is 1. The summed E-state index contributed by atoms with van der Waals surface area (Å²) < 4.78 is 0. The maximum absolute atomic E-state index is 9.74. The van der Waals surface area contributed by atoms with Crippen LogP contribution in [0, 0.1) is 0 Å². The highest BCUT2D eigenvalue weighted by Gasteiger charge is 2.09. The first-order valence-corrected chi connectivity index (χ1v) is 3.24. The van der Waals surface area contributed by atoms with Crippen molar-refractivity contribution in [3.8, 4) is 0 Å². The van der Waals surface area contributed by atoms with E-state index >= 15 is 0 Å². The molecule has 0 saturated carbocycles. The zero-order valence-corrected chi connectivity index (χ0v) is 5.26. The summed E-state index contributed by atoms with van der Waals surface area (Å²) in [5.41, 5.74) is 0. The molecule has 0 aromatic rings. The molecule has 1 rings (SSSR count). The van der Waals surface area contributed by atoms with Gasteiger partial charge in [-0.3, -0.25) is 5.32 Å². The van der Waals surface area contributed by atoms with Crippen LogP contribution in [0.3, 0.4) is 0 Å². The van der Waals surface area contributed by atoms with Crippen molar-refractivity contribution in [3.63, 3.8) is 0 Å². The van der Waals surface area contributed by atoms with Crippen molar-refractivity contribution in [2.45, 2.75) is 25.4 Å². The van der Waals surface area contributed by atoms with Crippen molar-refractivity contribution in [2.24, 2.45) is 4.99 Å². The quantitative estimate of drug-likeness (QED) is 0.408. The van der Waals surface area contributed by atoms with Gasteiger partial charge < -0.3 is 0 Å². The number of isocyanates is 1. The zero-order chi connectivity index (χ0) is 6.53. The largest absolute Gasteiger partial charge is 0.295 e. The van der Waals surface area contributed by atoms with Gasteiger partial charge in [-0.2, -0.15) is 4.99 Å². The molecule has 0 radical (unpaired) electrons. The van der Waals surface area contributed by atoms with Crippen LogP contribution in [0.2, 0.25) is 0 Å². The van der Waals surface area contributed by atoms with Crippen LogP contribution in [-0.4, -0.2) is 18.8 Å². The molecule has 1 heterocycles. The lowest BCUT2D eigenvalue weighted by atomic mass is 10.1. The van der Waals surface area contributed by atoms with Crippen molar-refractivity contribution in [3.05, 3.63) is 0 Å². The molecular weight excluding hydrogens is 116 g/mol. The Labute approximate surface area is 54.2 Å². The number of rotatable bonds is 1. The van der Waals surface area contributed by atoms with E-state index in [1.54, 1.807) is 6.08 Å². The lowest BCUT2D eigenvalue weighted by Gasteiger charge is -2.17. The van der Waals surface area contributed by atoms with Crippen LogP contribution in [-0.2, 0) is 4.79 Å². The van der Waals surface area contributed by atoms with Crippen LogP contribution in [0.5, 0.6) is 0 Å². The molecule has 1 aliphatic heterocycles. The Hall–Kier alpha value is -0.660. The highest BCUT2D eigenvalue weighted by molar-refractivity contribution is 5.33. The fourth-order valence-electron chi connectivity index (χ4n) is 1.01. The summed E-state index contributed by atoms with van der Waals surface area (Å²) in [7, 11) is 0. The van der Waals surface area contributed by atoms with Gasteiger partial charge >= 0.3 is 0 Å². The zero-order valence-electron chi connectivity index (χ0n) is 5.26. The Morgan fingerprint density at radius 3 is 3.00 bits per heavy atom. The predicted molar refractivity (Wildman–Crippen MR) is 33.8 cm³/mol. The highest BCUT2D eigenvalue weighted by Crippen LogP contribution is 2.06. The normalized spacial score (nSPS) is 26.9. The van der Waals surface area contributed by atoms with E-state index in [0.29, 0.717) is 0 Å². The predicted octanol–water partition coefficient (Wildman–Crippen LogP) is 0.422. The first-order valence-electron chi connectivity index (χ1n) is 3.24. The summed E-state index contributed by atoms with van der Waals surface area (Å²) in [5.74, 6) is 0. The standard InChI is InChI=1S/C6H10N2O/c9-5-8-6-3-1-2-4-7-6/h6-7H,1-4H2. The van der Waals surface area contributed by atoms with Crippen LogP contribution >= 0.6 is 0 Å². The molecule has 50 valence electrons. The molecule has 1 saturated heterocycles. The van der Waals surface area contributed by atoms with Crippen molar-refractivity contribution < 1.29 is 4.79 Å². The highest BCUT2D eigenvalue weighted by atomic mass is 16.1. The molecule has 3 nitrogen and oxygen atoms in total. The molecule has 0 aliphatic carbocycles. The van der Waals surface area contributed by atoms with Gasteiger partial charge in [0.25, 0.3) is 0 Å². The summed E-state index contributed by atoms with van der Waals surface area (Å²) in [6.45, 7) is 0.982. The molecule has 0 aromatic carbocycles. The summed E-state index contributed by atoms with van der Waals surface area (Å²) in [5, 5.41) is 3.09. The second-order valence-corrected chi connectivity index (χ2v) is 2.19. The smallest absolute Gasteiger partial charge is 0.236 e. The van der Waals surface area contributed by atoms with E-state index in [4.69, 9.17) is 0 Å². The number of nitrogens with zero attached hydrogens (tertiary/aromatic N) is 1. The second-order valence-electron chi connectivity index (χ2n) is 2.19. The fourth-order valence-corrected chi connectivity index (χ4v) is 1.01. The van der Waals surface area contributed by atoms with Gasteiger partial charge in [-0.05, 0) is 25.8 Å². The van der Waals surface area contributed by atoms with E-state index < -0.39 is 0 Å². The first-order chi connectivity index (χ1) is 4.43. The van der Waals surface area contributed by atoms with Crippen LogP contribution in [0.4, 0.5) is 0 Å². The Kier molecular flexibility index (Phi) is 2.43. The molecule has 9 heavy (non-hydrogen) atoms. The second kappa shape index (κ2) is 3.38. The van der Waals surface area contributed by atoms with Gasteiger partial charge in [0.2, 0.25) is 6.08 Å². The van der Waals surface area contributed by atoms with Gasteiger partial charge in [0.05, 0.1) is 0 Å². The summed E-state index contributed by atoms with van der Waals surface area (Å²) >= 11 is 0. The van der Waals surface area contributed by atoms with Gasteiger partial charge in [0, 0.05) is 0 Å². The third-order valence-electron chi connectivity index (χ3n) is 1.49. The minimum absolute atomic E-state index is 0.0521. The number of nitrogens with one attached hydrogen (secondary N) is 1. The van der Waals surface area contributed by atoms with Crippen molar-refractivity contribution in [1.29, 1.82) is 0 Å². The topological polar surface area (TPSA) is 41.5 Å². The number of aliphatic imine (C=N–C) groups is 1. The summed E-state index contributed by atoms with van der Waals surface area (Å²) in [6.07, 6.45) is 4.95. The average Bonchev–Trinajstić information content (AvgIpc) is 1.91. The van der Waals surface area contributed by atoms with Gasteiger partial charge in [-0.15, -0.1) is 0 Å². The molecule has 1 fully saturated rings. The number of hydrogen-bond donors (Lipinski definition) is 1. The van der Waals surface area contributed by atoms with Crippen LogP contribution in [0.1, 0.15) is 19.3 Å². The first kappa shape index (κ1) is 6.46. The molecule has 0 aromatic heterocycles. The summed E-state index contributed by atoms with van der Waals surface area (Å²) in [6, 6.07) is 0. The molecule has 1 unspecified atom stereocenters. The molecule has 3 heteroatoms. The SMILES string of the molecule is O=C=NC1CCCCN1. The van der Waals surface area contributed by atoms with Crippen LogP contribution in [0.15, 0.2) is 4.99 Å². The third-order valence-corrected chi connectivity index (χ3v) is 1.49. The Bertz CT molecular complexity index is 123. The van der Waals surface area contributed by atoms with Gasteiger partial charge in [0.1, 0.15) is 6.17 Å². The van der Waals surface area contributed by atoms with Crippen LogP contribution in [0.25, 0.3) is 0 Å². The third kappa shape index (κ3) is 1.96. The van der Waals surface area contributed by atoms with Crippen molar-refractivity contribution in [2.75, 3.05) is 6.54 Å². The van der Waals surface area contributed by atoms with E-state index in [9.17, 15) is 4.79 Å². The summed E-state index contributed by atoms with van der Waals surface area (Å²) in [4.78, 5) is 13.3. The molecule has 1 aliphatic rings. The van der Waals surface area contributed by atoms with E-state index in [1.807, 2.05) is 0 Å².